The fraction of sp³-hybridized carbons (Fsp3) is 0.409. The van der Waals surface area contributed by atoms with E-state index >= 15 is 0 Å². The standard InChI is InChI=1S/C22H27N3O2/c26-22(27)14-12-17-11-13-20-21(15-17)25(23-18-7-3-1-4-8-18)16-24(20)19-9-5-2-6-10-19/h1,3-4,7-8,11,13,15,19,23H,2,5-6,9-10,12,14,16H2,(H,26,27). The van der Waals surface area contributed by atoms with Crippen LogP contribution in [0, 0.1) is 0 Å². The van der Waals surface area contributed by atoms with Gasteiger partial charge in [0, 0.05) is 12.5 Å². The van der Waals surface area contributed by atoms with Crippen molar-refractivity contribution in [2.75, 3.05) is 22.0 Å². The number of carboxylic acids is 1. The number of carboxylic acid groups (broad SMARTS) is 1. The van der Waals surface area contributed by atoms with E-state index < -0.39 is 5.97 Å². The zero-order chi connectivity index (χ0) is 18.6. The third-order valence-electron chi connectivity index (χ3n) is 5.61. The molecule has 27 heavy (non-hydrogen) atoms. The quantitative estimate of drug-likeness (QED) is 0.780. The topological polar surface area (TPSA) is 55.8 Å². The van der Waals surface area contributed by atoms with E-state index in [1.165, 1.54) is 37.8 Å². The van der Waals surface area contributed by atoms with Crippen LogP contribution in [0.25, 0.3) is 0 Å². The van der Waals surface area contributed by atoms with Gasteiger partial charge in [-0.05, 0) is 49.1 Å². The van der Waals surface area contributed by atoms with E-state index in [-0.39, 0.29) is 6.42 Å². The van der Waals surface area contributed by atoms with Gasteiger partial charge in [-0.25, -0.2) is 0 Å². The van der Waals surface area contributed by atoms with Gasteiger partial charge in [0.1, 0.15) is 6.67 Å². The molecular weight excluding hydrogens is 338 g/mol. The van der Waals surface area contributed by atoms with Crippen LogP contribution in [-0.4, -0.2) is 23.8 Å². The molecule has 0 atom stereocenters. The third kappa shape index (κ3) is 4.02. The van der Waals surface area contributed by atoms with Crippen LogP contribution < -0.4 is 15.3 Å². The van der Waals surface area contributed by atoms with E-state index in [1.54, 1.807) is 0 Å². The molecular formula is C22H27N3O2. The SMILES string of the molecule is O=C(O)CCc1ccc2c(c1)N(Nc1ccccc1)CN2C1CCCCC1. The molecule has 0 amide bonds. The molecule has 0 unspecified atom stereocenters. The number of nitrogens with one attached hydrogen (secondary N) is 1. The Kier molecular flexibility index (Phi) is 5.19. The molecule has 0 saturated heterocycles. The van der Waals surface area contributed by atoms with Crippen molar-refractivity contribution in [2.45, 2.75) is 51.0 Å². The van der Waals surface area contributed by atoms with Gasteiger partial charge in [-0.1, -0.05) is 43.5 Å². The second-order valence-corrected chi connectivity index (χ2v) is 7.53. The van der Waals surface area contributed by atoms with Crippen LogP contribution in [0.15, 0.2) is 48.5 Å². The van der Waals surface area contributed by atoms with Gasteiger partial charge < -0.3 is 10.0 Å². The van der Waals surface area contributed by atoms with Gasteiger partial charge in [0.05, 0.1) is 17.1 Å². The lowest BCUT2D eigenvalue weighted by Crippen LogP contribution is -2.41. The summed E-state index contributed by atoms with van der Waals surface area (Å²) >= 11 is 0. The molecule has 4 rings (SSSR count). The minimum Gasteiger partial charge on any atom is -0.481 e. The number of carbonyl (C=O) groups is 1. The number of para-hydroxylation sites is 1. The molecule has 1 heterocycles. The van der Waals surface area contributed by atoms with Crippen molar-refractivity contribution < 1.29 is 9.90 Å². The molecule has 0 spiro atoms. The molecule has 2 aliphatic rings. The Hall–Kier alpha value is -2.69. The third-order valence-corrected chi connectivity index (χ3v) is 5.61. The molecule has 1 saturated carbocycles. The smallest absolute Gasteiger partial charge is 0.303 e. The molecule has 2 aromatic rings. The highest BCUT2D eigenvalue weighted by molar-refractivity contribution is 5.79. The summed E-state index contributed by atoms with van der Waals surface area (Å²) in [4.78, 5) is 13.5. The van der Waals surface area contributed by atoms with Gasteiger partial charge in [-0.2, -0.15) is 0 Å². The van der Waals surface area contributed by atoms with Crippen LogP contribution in [0.5, 0.6) is 0 Å². The number of hydrogen-bond donors (Lipinski definition) is 2. The molecule has 142 valence electrons. The van der Waals surface area contributed by atoms with Gasteiger partial charge in [0.15, 0.2) is 0 Å². The van der Waals surface area contributed by atoms with E-state index in [4.69, 9.17) is 5.11 Å². The number of anilines is 3. The van der Waals surface area contributed by atoms with Gasteiger partial charge in [0.25, 0.3) is 0 Å². The van der Waals surface area contributed by atoms with Gasteiger partial charge in [0.2, 0.25) is 0 Å². The Morgan fingerprint density at radius 2 is 1.81 bits per heavy atom. The number of nitrogens with zero attached hydrogens (tertiary/aromatic N) is 2. The number of benzene rings is 2. The minimum atomic E-state index is -0.751. The number of aryl methyl sites for hydroxylation is 1. The predicted molar refractivity (Wildman–Crippen MR) is 109 cm³/mol. The van der Waals surface area contributed by atoms with Gasteiger partial charge in [-0.3, -0.25) is 15.2 Å². The minimum absolute atomic E-state index is 0.164. The Morgan fingerprint density at radius 3 is 2.56 bits per heavy atom. The second kappa shape index (κ2) is 7.91. The normalized spacial score (nSPS) is 17.0. The molecule has 0 radical (unpaired) electrons. The van der Waals surface area contributed by atoms with Crippen LogP contribution >= 0.6 is 0 Å². The lowest BCUT2D eigenvalue weighted by Gasteiger charge is -2.33. The van der Waals surface area contributed by atoms with Gasteiger partial charge in [-0.15, -0.1) is 0 Å². The Bertz CT molecular complexity index is 787. The average Bonchev–Trinajstić information content (AvgIpc) is 3.06. The molecule has 1 fully saturated rings. The van der Waals surface area contributed by atoms with Crippen molar-refractivity contribution in [1.29, 1.82) is 0 Å². The number of hydrazine groups is 1. The first-order valence-corrected chi connectivity index (χ1v) is 9.91. The summed E-state index contributed by atoms with van der Waals surface area (Å²) in [5.41, 5.74) is 8.06. The summed E-state index contributed by atoms with van der Waals surface area (Å²) in [5, 5.41) is 11.2. The van der Waals surface area contributed by atoms with E-state index in [0.717, 1.165) is 23.6 Å². The van der Waals surface area contributed by atoms with Crippen LogP contribution in [0.4, 0.5) is 17.1 Å². The van der Waals surface area contributed by atoms with Crippen LogP contribution in [-0.2, 0) is 11.2 Å². The van der Waals surface area contributed by atoms with Crippen molar-refractivity contribution in [3.05, 3.63) is 54.1 Å². The molecule has 5 heteroatoms. The highest BCUT2D eigenvalue weighted by Crippen LogP contribution is 2.40. The van der Waals surface area contributed by atoms with E-state index in [0.29, 0.717) is 12.5 Å². The molecule has 1 aliphatic heterocycles. The number of rotatable bonds is 6. The summed E-state index contributed by atoms with van der Waals surface area (Å²) < 4.78 is 0. The molecule has 2 N–H and O–H groups in total. The van der Waals surface area contributed by atoms with Gasteiger partial charge >= 0.3 is 5.97 Å². The molecule has 5 nitrogen and oxygen atoms in total. The van der Waals surface area contributed by atoms with Crippen LogP contribution in [0.2, 0.25) is 0 Å². The molecule has 0 aromatic heterocycles. The molecule has 0 bridgehead atoms. The zero-order valence-electron chi connectivity index (χ0n) is 15.6. The van der Waals surface area contributed by atoms with Crippen LogP contribution in [0.3, 0.4) is 0 Å². The second-order valence-electron chi connectivity index (χ2n) is 7.53. The fourth-order valence-electron chi connectivity index (χ4n) is 4.21. The van der Waals surface area contributed by atoms with Crippen molar-refractivity contribution in [2.24, 2.45) is 0 Å². The first kappa shape index (κ1) is 17.7. The lowest BCUT2D eigenvalue weighted by molar-refractivity contribution is -0.136. The summed E-state index contributed by atoms with van der Waals surface area (Å²) in [6.07, 6.45) is 7.18. The van der Waals surface area contributed by atoms with Crippen molar-refractivity contribution >= 4 is 23.0 Å². The Balaban J connectivity index is 1.60. The highest BCUT2D eigenvalue weighted by atomic mass is 16.4. The number of hydrogen-bond acceptors (Lipinski definition) is 4. The summed E-state index contributed by atoms with van der Waals surface area (Å²) in [6.45, 7) is 0.817. The lowest BCUT2D eigenvalue weighted by atomic mass is 9.94. The maximum atomic E-state index is 10.9. The van der Waals surface area contributed by atoms with E-state index in [2.05, 4.69) is 45.7 Å². The highest BCUT2D eigenvalue weighted by Gasteiger charge is 2.32. The average molecular weight is 365 g/mol. The zero-order valence-corrected chi connectivity index (χ0v) is 15.6. The first-order valence-electron chi connectivity index (χ1n) is 9.91. The largest absolute Gasteiger partial charge is 0.481 e. The first-order chi connectivity index (χ1) is 13.2. The van der Waals surface area contributed by atoms with Crippen LogP contribution in [0.1, 0.15) is 44.1 Å². The monoisotopic (exact) mass is 365 g/mol. The summed E-state index contributed by atoms with van der Waals surface area (Å²) in [6, 6.07) is 17.2. The fourth-order valence-corrected chi connectivity index (χ4v) is 4.21. The van der Waals surface area contributed by atoms with Crippen molar-refractivity contribution in [3.63, 3.8) is 0 Å². The summed E-state index contributed by atoms with van der Waals surface area (Å²) in [5.74, 6) is -0.751. The number of fused-ring (bicyclic) bond motifs is 1. The Morgan fingerprint density at radius 1 is 1.04 bits per heavy atom. The van der Waals surface area contributed by atoms with Crippen molar-refractivity contribution in [1.82, 2.24) is 0 Å². The predicted octanol–water partition coefficient (Wildman–Crippen LogP) is 4.65. The number of aliphatic carboxylic acids is 1. The van der Waals surface area contributed by atoms with E-state index in [9.17, 15) is 4.79 Å². The maximum absolute atomic E-state index is 10.9. The molecule has 2 aromatic carbocycles. The summed E-state index contributed by atoms with van der Waals surface area (Å²) in [7, 11) is 0. The van der Waals surface area contributed by atoms with Crippen molar-refractivity contribution in [3.8, 4) is 0 Å². The van der Waals surface area contributed by atoms with E-state index in [1.807, 2.05) is 18.2 Å². The molecule has 1 aliphatic carbocycles. The Labute approximate surface area is 160 Å². The maximum Gasteiger partial charge on any atom is 0.303 e.